The average Bonchev–Trinajstić information content (AvgIpc) is 2.32. The van der Waals surface area contributed by atoms with Gasteiger partial charge in [0.2, 0.25) is 0 Å². The molecule has 0 aromatic heterocycles. The molecule has 0 saturated carbocycles. The summed E-state index contributed by atoms with van der Waals surface area (Å²) in [5, 5.41) is 1.46. The predicted molar refractivity (Wildman–Crippen MR) is 76.9 cm³/mol. The quantitative estimate of drug-likeness (QED) is 0.643. The molecule has 0 unspecified atom stereocenters. The van der Waals surface area contributed by atoms with Crippen LogP contribution in [0.1, 0.15) is 5.56 Å². The van der Waals surface area contributed by atoms with Gasteiger partial charge < -0.3 is 5.73 Å². The van der Waals surface area contributed by atoms with E-state index in [2.05, 4.69) is 0 Å². The molecule has 2 aromatic carbocycles. The summed E-state index contributed by atoms with van der Waals surface area (Å²) in [6.45, 7) is 0. The molecule has 4 heteroatoms. The molecule has 17 heavy (non-hydrogen) atoms. The Labute approximate surface area is 115 Å². The molecule has 0 aliphatic heterocycles. The van der Waals surface area contributed by atoms with Crippen molar-refractivity contribution in [3.63, 3.8) is 0 Å². The van der Waals surface area contributed by atoms with Gasteiger partial charge in [-0.15, -0.1) is 11.8 Å². The summed E-state index contributed by atoms with van der Waals surface area (Å²) < 4.78 is 0. The van der Waals surface area contributed by atoms with E-state index in [-0.39, 0.29) is 0 Å². The van der Waals surface area contributed by atoms with Crippen molar-refractivity contribution in [1.29, 1.82) is 0 Å². The van der Waals surface area contributed by atoms with Crippen LogP contribution >= 0.6 is 35.0 Å². The van der Waals surface area contributed by atoms with Gasteiger partial charge in [-0.1, -0.05) is 23.2 Å². The van der Waals surface area contributed by atoms with Gasteiger partial charge >= 0.3 is 0 Å². The maximum absolute atomic E-state index is 6.10. The van der Waals surface area contributed by atoms with Crippen molar-refractivity contribution in [3.05, 3.63) is 58.1 Å². The second-order valence-corrected chi connectivity index (χ2v) is 5.49. The lowest BCUT2D eigenvalue weighted by molar-refractivity contribution is 1.38. The summed E-state index contributed by atoms with van der Waals surface area (Å²) in [4.78, 5) is 1.16. The number of thioether (sulfide) groups is 1. The Hall–Kier alpha value is -0.830. The number of hydrogen-bond donors (Lipinski definition) is 1. The second-order valence-electron chi connectivity index (χ2n) is 3.59. The Kier molecular flexibility index (Phi) is 4.21. The highest BCUT2D eigenvalue weighted by Gasteiger charge is 2.02. The molecule has 0 aliphatic carbocycles. The Bertz CT molecular complexity index is 511. The van der Waals surface area contributed by atoms with Gasteiger partial charge in [0, 0.05) is 26.4 Å². The monoisotopic (exact) mass is 283 g/mol. The molecular weight excluding hydrogens is 273 g/mol. The van der Waals surface area contributed by atoms with Crippen LogP contribution in [-0.4, -0.2) is 0 Å². The standard InChI is InChI=1S/C13H11Cl2NS/c14-10-1-6-13(15)9(7-10)8-17-12-4-2-11(16)3-5-12/h1-7H,8,16H2. The summed E-state index contributed by atoms with van der Waals surface area (Å²) in [7, 11) is 0. The highest BCUT2D eigenvalue weighted by molar-refractivity contribution is 7.98. The second kappa shape index (κ2) is 5.67. The van der Waals surface area contributed by atoms with Crippen molar-refractivity contribution in [2.75, 3.05) is 5.73 Å². The lowest BCUT2D eigenvalue weighted by Gasteiger charge is -2.05. The smallest absolute Gasteiger partial charge is 0.0447 e. The lowest BCUT2D eigenvalue weighted by atomic mass is 10.2. The zero-order valence-electron chi connectivity index (χ0n) is 8.99. The minimum Gasteiger partial charge on any atom is -0.399 e. The molecule has 1 nitrogen and oxygen atoms in total. The first kappa shape index (κ1) is 12.6. The average molecular weight is 284 g/mol. The van der Waals surface area contributed by atoms with Crippen molar-refractivity contribution in [2.24, 2.45) is 0 Å². The molecular formula is C13H11Cl2NS. The molecule has 88 valence electrons. The number of nitrogen functional groups attached to an aromatic ring is 1. The molecule has 0 saturated heterocycles. The molecule has 0 aliphatic rings. The van der Waals surface area contributed by atoms with E-state index in [9.17, 15) is 0 Å². The fourth-order valence-corrected chi connectivity index (χ4v) is 2.73. The van der Waals surface area contributed by atoms with E-state index >= 15 is 0 Å². The molecule has 0 radical (unpaired) electrons. The largest absolute Gasteiger partial charge is 0.399 e. The van der Waals surface area contributed by atoms with E-state index in [1.54, 1.807) is 17.8 Å². The van der Waals surface area contributed by atoms with Gasteiger partial charge in [-0.25, -0.2) is 0 Å². The van der Waals surface area contributed by atoms with Crippen molar-refractivity contribution < 1.29 is 0 Å². The van der Waals surface area contributed by atoms with E-state index in [0.717, 1.165) is 26.9 Å². The highest BCUT2D eigenvalue weighted by atomic mass is 35.5. The predicted octanol–water partition coefficient (Wildman–Crippen LogP) is 4.87. The molecule has 0 amide bonds. The summed E-state index contributed by atoms with van der Waals surface area (Å²) in [6.07, 6.45) is 0. The zero-order valence-corrected chi connectivity index (χ0v) is 11.3. The molecule has 0 spiro atoms. The third-order valence-electron chi connectivity index (χ3n) is 2.28. The Morgan fingerprint density at radius 3 is 2.41 bits per heavy atom. The minimum atomic E-state index is 0.710. The van der Waals surface area contributed by atoms with Gasteiger partial charge in [-0.2, -0.15) is 0 Å². The van der Waals surface area contributed by atoms with Crippen molar-refractivity contribution >= 4 is 40.7 Å². The van der Waals surface area contributed by atoms with Crippen LogP contribution in [0.4, 0.5) is 5.69 Å². The number of anilines is 1. The Balaban J connectivity index is 2.07. The van der Waals surface area contributed by atoms with E-state index in [4.69, 9.17) is 28.9 Å². The topological polar surface area (TPSA) is 26.0 Å². The SMILES string of the molecule is Nc1ccc(SCc2cc(Cl)ccc2Cl)cc1. The van der Waals surface area contributed by atoms with Gasteiger partial charge in [-0.3, -0.25) is 0 Å². The molecule has 0 atom stereocenters. The van der Waals surface area contributed by atoms with Gasteiger partial charge in [0.15, 0.2) is 0 Å². The summed E-state index contributed by atoms with van der Waals surface area (Å²) in [6, 6.07) is 13.3. The summed E-state index contributed by atoms with van der Waals surface area (Å²) in [5.41, 5.74) is 7.45. The molecule has 2 N–H and O–H groups in total. The lowest BCUT2D eigenvalue weighted by Crippen LogP contribution is -1.85. The van der Waals surface area contributed by atoms with Crippen LogP contribution in [-0.2, 0) is 5.75 Å². The highest BCUT2D eigenvalue weighted by Crippen LogP contribution is 2.28. The number of rotatable bonds is 3. The van der Waals surface area contributed by atoms with Crippen molar-refractivity contribution in [1.82, 2.24) is 0 Å². The fraction of sp³-hybridized carbons (Fsp3) is 0.0769. The normalized spacial score (nSPS) is 10.5. The zero-order chi connectivity index (χ0) is 12.3. The molecule has 0 heterocycles. The number of hydrogen-bond acceptors (Lipinski definition) is 2. The van der Waals surface area contributed by atoms with E-state index in [1.807, 2.05) is 36.4 Å². The van der Waals surface area contributed by atoms with Crippen molar-refractivity contribution in [2.45, 2.75) is 10.6 Å². The van der Waals surface area contributed by atoms with Crippen LogP contribution in [0.15, 0.2) is 47.4 Å². The van der Waals surface area contributed by atoms with Crippen LogP contribution in [0.25, 0.3) is 0 Å². The van der Waals surface area contributed by atoms with E-state index in [0.29, 0.717) is 5.02 Å². The molecule has 2 aromatic rings. The molecule has 2 rings (SSSR count). The van der Waals surface area contributed by atoms with Crippen molar-refractivity contribution in [3.8, 4) is 0 Å². The molecule has 0 bridgehead atoms. The fourth-order valence-electron chi connectivity index (χ4n) is 1.38. The number of halogens is 2. The van der Waals surface area contributed by atoms with Gasteiger partial charge in [-0.05, 0) is 48.0 Å². The molecule has 0 fully saturated rings. The van der Waals surface area contributed by atoms with Gasteiger partial charge in [0.05, 0.1) is 0 Å². The van der Waals surface area contributed by atoms with Crippen LogP contribution in [0, 0.1) is 0 Å². The number of benzene rings is 2. The first-order valence-electron chi connectivity index (χ1n) is 5.07. The van der Waals surface area contributed by atoms with Gasteiger partial charge in [0.25, 0.3) is 0 Å². The Morgan fingerprint density at radius 2 is 1.71 bits per heavy atom. The van der Waals surface area contributed by atoms with E-state index in [1.165, 1.54) is 0 Å². The maximum Gasteiger partial charge on any atom is 0.0447 e. The maximum atomic E-state index is 6.10. The van der Waals surface area contributed by atoms with Crippen LogP contribution in [0.3, 0.4) is 0 Å². The first-order valence-corrected chi connectivity index (χ1v) is 6.81. The van der Waals surface area contributed by atoms with E-state index < -0.39 is 0 Å². The minimum absolute atomic E-state index is 0.710. The number of nitrogens with two attached hydrogens (primary N) is 1. The third kappa shape index (κ3) is 3.56. The van der Waals surface area contributed by atoms with Crippen LogP contribution in [0.2, 0.25) is 10.0 Å². The first-order chi connectivity index (χ1) is 8.15. The van der Waals surface area contributed by atoms with Crippen LogP contribution in [0.5, 0.6) is 0 Å². The Morgan fingerprint density at radius 1 is 1.00 bits per heavy atom. The van der Waals surface area contributed by atoms with Gasteiger partial charge in [0.1, 0.15) is 0 Å². The summed E-state index contributed by atoms with van der Waals surface area (Å²) >= 11 is 13.7. The third-order valence-corrected chi connectivity index (χ3v) is 3.95. The summed E-state index contributed by atoms with van der Waals surface area (Å²) in [5.74, 6) is 0.795. The van der Waals surface area contributed by atoms with Crippen LogP contribution < -0.4 is 5.73 Å².